The number of nitriles is 1. The lowest BCUT2D eigenvalue weighted by molar-refractivity contribution is 0.555. The summed E-state index contributed by atoms with van der Waals surface area (Å²) in [5.74, 6) is 0. The van der Waals surface area contributed by atoms with E-state index in [1.807, 2.05) is 19.1 Å². The first-order chi connectivity index (χ1) is 9.08. The number of imidazole rings is 1. The minimum atomic E-state index is -0.0387. The Morgan fingerprint density at radius 3 is 2.74 bits per heavy atom. The van der Waals surface area contributed by atoms with Gasteiger partial charge in [0.2, 0.25) is 0 Å². The molecule has 0 radical (unpaired) electrons. The molecule has 0 saturated carbocycles. The lowest BCUT2D eigenvalue weighted by Crippen LogP contribution is -2.11. The highest BCUT2D eigenvalue weighted by atomic mass is 35.5. The van der Waals surface area contributed by atoms with Crippen molar-refractivity contribution in [1.29, 1.82) is 5.26 Å². The molecule has 0 amide bonds. The molecule has 2 aromatic rings. The number of hydrogen-bond donors (Lipinski definition) is 1. The van der Waals surface area contributed by atoms with E-state index in [0.29, 0.717) is 20.5 Å². The first-order valence-electron chi connectivity index (χ1n) is 5.73. The lowest BCUT2D eigenvalue weighted by atomic mass is 10.0. The standard InChI is InChI=1S/C13H11Cl2N3S/c1-2-12(8-3-4-10(14)11(15)5-8)18-9(6-16)7-17-13(18)19/h3-5,7,12H,2H2,1H3,(H,17,19). The van der Waals surface area contributed by atoms with Crippen molar-refractivity contribution in [1.82, 2.24) is 9.55 Å². The Bertz CT molecular complexity index is 697. The highest BCUT2D eigenvalue weighted by Gasteiger charge is 2.17. The second-order valence-electron chi connectivity index (χ2n) is 4.06. The molecule has 6 heteroatoms. The monoisotopic (exact) mass is 311 g/mol. The molecule has 0 spiro atoms. The molecule has 19 heavy (non-hydrogen) atoms. The first-order valence-corrected chi connectivity index (χ1v) is 6.89. The Kier molecular flexibility index (Phi) is 4.31. The number of benzene rings is 1. The topological polar surface area (TPSA) is 44.5 Å². The van der Waals surface area contributed by atoms with Crippen LogP contribution in [0.25, 0.3) is 0 Å². The van der Waals surface area contributed by atoms with Gasteiger partial charge in [0.05, 0.1) is 16.1 Å². The minimum Gasteiger partial charge on any atom is -0.336 e. The zero-order valence-electron chi connectivity index (χ0n) is 10.2. The van der Waals surface area contributed by atoms with Crippen LogP contribution in [0.3, 0.4) is 0 Å². The Morgan fingerprint density at radius 1 is 1.42 bits per heavy atom. The summed E-state index contributed by atoms with van der Waals surface area (Å²) in [5.41, 5.74) is 1.48. The van der Waals surface area contributed by atoms with Gasteiger partial charge in [-0.25, -0.2) is 0 Å². The summed E-state index contributed by atoms with van der Waals surface area (Å²) >= 11 is 17.2. The zero-order chi connectivity index (χ0) is 14.0. The number of rotatable bonds is 3. The largest absolute Gasteiger partial charge is 0.336 e. The van der Waals surface area contributed by atoms with Crippen molar-refractivity contribution in [2.24, 2.45) is 0 Å². The van der Waals surface area contributed by atoms with Gasteiger partial charge in [-0.1, -0.05) is 36.2 Å². The molecular weight excluding hydrogens is 301 g/mol. The minimum absolute atomic E-state index is 0.0387. The van der Waals surface area contributed by atoms with Gasteiger partial charge >= 0.3 is 0 Å². The van der Waals surface area contributed by atoms with Gasteiger partial charge in [0, 0.05) is 6.20 Å². The van der Waals surface area contributed by atoms with Gasteiger partial charge in [0.15, 0.2) is 4.77 Å². The molecule has 1 heterocycles. The summed E-state index contributed by atoms with van der Waals surface area (Å²) in [6.07, 6.45) is 2.40. The van der Waals surface area contributed by atoms with Crippen molar-refractivity contribution in [2.45, 2.75) is 19.4 Å². The summed E-state index contributed by atoms with van der Waals surface area (Å²) in [4.78, 5) is 2.89. The molecule has 0 fully saturated rings. The average molecular weight is 312 g/mol. The van der Waals surface area contributed by atoms with Crippen molar-refractivity contribution >= 4 is 35.4 Å². The number of aromatic nitrogens is 2. The van der Waals surface area contributed by atoms with E-state index in [1.165, 1.54) is 0 Å². The van der Waals surface area contributed by atoms with Crippen molar-refractivity contribution in [3.8, 4) is 6.07 Å². The van der Waals surface area contributed by atoms with Crippen LogP contribution in [-0.2, 0) is 0 Å². The van der Waals surface area contributed by atoms with Crippen molar-refractivity contribution in [2.75, 3.05) is 0 Å². The summed E-state index contributed by atoms with van der Waals surface area (Å²) in [6.45, 7) is 2.03. The van der Waals surface area contributed by atoms with E-state index in [9.17, 15) is 0 Å². The van der Waals surface area contributed by atoms with E-state index in [0.717, 1.165) is 12.0 Å². The number of hydrogen-bond acceptors (Lipinski definition) is 2. The molecule has 0 aliphatic rings. The molecule has 0 bridgehead atoms. The van der Waals surface area contributed by atoms with E-state index in [2.05, 4.69) is 11.1 Å². The van der Waals surface area contributed by atoms with Gasteiger partial charge in [-0.15, -0.1) is 0 Å². The number of aromatic amines is 1. The molecule has 1 unspecified atom stereocenters. The third kappa shape index (κ3) is 2.69. The molecule has 1 aromatic heterocycles. The maximum absolute atomic E-state index is 9.14. The lowest BCUT2D eigenvalue weighted by Gasteiger charge is -2.18. The summed E-state index contributed by atoms with van der Waals surface area (Å²) in [6, 6.07) is 7.56. The van der Waals surface area contributed by atoms with E-state index < -0.39 is 0 Å². The second-order valence-corrected chi connectivity index (χ2v) is 5.26. The quantitative estimate of drug-likeness (QED) is 0.833. The molecule has 0 saturated heterocycles. The van der Waals surface area contributed by atoms with Crippen LogP contribution in [-0.4, -0.2) is 9.55 Å². The first kappa shape index (κ1) is 14.1. The normalized spacial score (nSPS) is 12.1. The third-order valence-electron chi connectivity index (χ3n) is 2.95. The Labute approximate surface area is 126 Å². The van der Waals surface area contributed by atoms with Crippen LogP contribution < -0.4 is 0 Å². The number of nitrogens with zero attached hydrogens (tertiary/aromatic N) is 2. The summed E-state index contributed by atoms with van der Waals surface area (Å²) in [5, 5.41) is 10.1. The van der Waals surface area contributed by atoms with Crippen molar-refractivity contribution < 1.29 is 0 Å². The van der Waals surface area contributed by atoms with Gasteiger partial charge in [-0.3, -0.25) is 0 Å². The Hall–Kier alpha value is -1.28. The van der Waals surface area contributed by atoms with E-state index in [1.54, 1.807) is 16.8 Å². The van der Waals surface area contributed by atoms with Crippen LogP contribution in [0.2, 0.25) is 10.0 Å². The summed E-state index contributed by atoms with van der Waals surface area (Å²) in [7, 11) is 0. The van der Waals surface area contributed by atoms with Gasteiger partial charge < -0.3 is 9.55 Å². The predicted molar refractivity (Wildman–Crippen MR) is 79.2 cm³/mol. The number of nitrogens with one attached hydrogen (secondary N) is 1. The van der Waals surface area contributed by atoms with Crippen LogP contribution >= 0.6 is 35.4 Å². The molecular formula is C13H11Cl2N3S. The molecule has 0 aliphatic heterocycles. The van der Waals surface area contributed by atoms with E-state index >= 15 is 0 Å². The van der Waals surface area contributed by atoms with Gasteiger partial charge in [0.1, 0.15) is 11.8 Å². The maximum Gasteiger partial charge on any atom is 0.178 e. The van der Waals surface area contributed by atoms with Gasteiger partial charge in [-0.2, -0.15) is 5.26 Å². The van der Waals surface area contributed by atoms with Gasteiger partial charge in [0.25, 0.3) is 0 Å². The van der Waals surface area contributed by atoms with Crippen LogP contribution in [0.5, 0.6) is 0 Å². The molecule has 1 atom stereocenters. The number of halogens is 2. The smallest absolute Gasteiger partial charge is 0.178 e. The summed E-state index contributed by atoms with van der Waals surface area (Å²) < 4.78 is 2.32. The fraction of sp³-hybridized carbons (Fsp3) is 0.231. The molecule has 2 rings (SSSR count). The molecule has 0 aliphatic carbocycles. The van der Waals surface area contributed by atoms with E-state index in [-0.39, 0.29) is 6.04 Å². The van der Waals surface area contributed by atoms with Gasteiger partial charge in [-0.05, 0) is 36.3 Å². The van der Waals surface area contributed by atoms with Crippen molar-refractivity contribution in [3.05, 3.63) is 50.5 Å². The molecule has 98 valence electrons. The molecule has 1 aromatic carbocycles. The highest BCUT2D eigenvalue weighted by Crippen LogP contribution is 2.30. The predicted octanol–water partition coefficient (Wildman–Crippen LogP) is 4.72. The maximum atomic E-state index is 9.14. The van der Waals surface area contributed by atoms with Crippen LogP contribution in [0.1, 0.15) is 30.6 Å². The molecule has 3 nitrogen and oxygen atoms in total. The third-order valence-corrected chi connectivity index (χ3v) is 4.01. The second kappa shape index (κ2) is 5.79. The zero-order valence-corrected chi connectivity index (χ0v) is 12.5. The van der Waals surface area contributed by atoms with Crippen molar-refractivity contribution in [3.63, 3.8) is 0 Å². The molecule has 1 N–H and O–H groups in total. The van der Waals surface area contributed by atoms with Crippen LogP contribution in [0, 0.1) is 16.1 Å². The average Bonchev–Trinajstić information content (AvgIpc) is 2.76. The Balaban J connectivity index is 2.56. The fourth-order valence-corrected chi connectivity index (χ4v) is 2.65. The SMILES string of the molecule is CCC(c1ccc(Cl)c(Cl)c1)n1c(C#N)c[nH]c1=S. The van der Waals surface area contributed by atoms with Crippen LogP contribution in [0.4, 0.5) is 0 Å². The Morgan fingerprint density at radius 2 is 2.16 bits per heavy atom. The van der Waals surface area contributed by atoms with Crippen LogP contribution in [0.15, 0.2) is 24.4 Å². The number of H-pyrrole nitrogens is 1. The fourth-order valence-electron chi connectivity index (χ4n) is 2.06. The van der Waals surface area contributed by atoms with E-state index in [4.69, 9.17) is 40.7 Å². The highest BCUT2D eigenvalue weighted by molar-refractivity contribution is 7.71.